The summed E-state index contributed by atoms with van der Waals surface area (Å²) >= 11 is 0. The molecule has 1 aromatic carbocycles. The SMILES string of the molecule is CC[N+](CC)=c1ccc2cc3c(oc-2c1)/C(=C/C=C1/N(C)c2ccccc2C1(C)C)CCC3. The molecular formula is C30H35N2O+. The summed E-state index contributed by atoms with van der Waals surface area (Å²) in [7, 11) is 2.18. The molecule has 5 rings (SSSR count). The van der Waals surface area contributed by atoms with Crippen molar-refractivity contribution in [1.82, 2.24) is 4.58 Å². The molecule has 33 heavy (non-hydrogen) atoms. The molecule has 4 aliphatic rings. The van der Waals surface area contributed by atoms with Crippen LogP contribution in [0.3, 0.4) is 0 Å². The zero-order valence-electron chi connectivity index (χ0n) is 20.6. The lowest BCUT2D eigenvalue weighted by atomic mass is 9.83. The lowest BCUT2D eigenvalue weighted by Gasteiger charge is -2.24. The Morgan fingerprint density at radius 1 is 1.00 bits per heavy atom. The molecule has 0 atom stereocenters. The summed E-state index contributed by atoms with van der Waals surface area (Å²) in [5.41, 5.74) is 7.83. The summed E-state index contributed by atoms with van der Waals surface area (Å²) in [6.07, 6.45) is 7.92. The maximum Gasteiger partial charge on any atom is 0.203 e. The maximum absolute atomic E-state index is 6.59. The van der Waals surface area contributed by atoms with Gasteiger partial charge in [-0.2, -0.15) is 0 Å². The number of benzene rings is 2. The molecule has 0 bridgehead atoms. The van der Waals surface area contributed by atoms with Crippen molar-refractivity contribution in [2.24, 2.45) is 0 Å². The summed E-state index contributed by atoms with van der Waals surface area (Å²) in [6, 6.07) is 17.7. The highest BCUT2D eigenvalue weighted by Gasteiger charge is 2.37. The Hall–Kier alpha value is -3.07. The van der Waals surface area contributed by atoms with Gasteiger partial charge >= 0.3 is 0 Å². The van der Waals surface area contributed by atoms with Crippen LogP contribution in [0.25, 0.3) is 16.9 Å². The van der Waals surface area contributed by atoms with Gasteiger partial charge in [0.05, 0.1) is 6.07 Å². The predicted octanol–water partition coefficient (Wildman–Crippen LogP) is 6.23. The van der Waals surface area contributed by atoms with Crippen LogP contribution in [-0.4, -0.2) is 20.1 Å². The van der Waals surface area contributed by atoms with Crippen LogP contribution in [-0.2, 0) is 11.8 Å². The van der Waals surface area contributed by atoms with Crippen LogP contribution in [0, 0.1) is 0 Å². The lowest BCUT2D eigenvalue weighted by molar-refractivity contribution is 0.524. The molecule has 2 aliphatic carbocycles. The summed E-state index contributed by atoms with van der Waals surface area (Å²) in [5, 5.41) is 1.23. The second kappa shape index (κ2) is 8.37. The molecule has 0 aromatic heterocycles. The van der Waals surface area contributed by atoms with Gasteiger partial charge in [0.2, 0.25) is 5.36 Å². The number of anilines is 1. The minimum atomic E-state index is -0.0148. The van der Waals surface area contributed by atoms with Crippen molar-refractivity contribution >= 4 is 11.3 Å². The van der Waals surface area contributed by atoms with Crippen LogP contribution < -0.4 is 14.8 Å². The van der Waals surface area contributed by atoms with E-state index in [1.165, 1.54) is 45.4 Å². The molecule has 0 amide bonds. The predicted molar refractivity (Wildman–Crippen MR) is 139 cm³/mol. The maximum atomic E-state index is 6.59. The van der Waals surface area contributed by atoms with E-state index in [-0.39, 0.29) is 5.41 Å². The molecular weight excluding hydrogens is 404 g/mol. The highest BCUT2D eigenvalue weighted by atomic mass is 16.3. The van der Waals surface area contributed by atoms with Crippen molar-refractivity contribution in [1.29, 1.82) is 0 Å². The van der Waals surface area contributed by atoms with Gasteiger partial charge < -0.3 is 9.32 Å². The average molecular weight is 440 g/mol. The Balaban J connectivity index is 1.60. The van der Waals surface area contributed by atoms with Crippen LogP contribution in [0.2, 0.25) is 0 Å². The third-order valence-corrected chi connectivity index (χ3v) is 7.53. The van der Waals surface area contributed by atoms with E-state index >= 15 is 0 Å². The number of para-hydroxylation sites is 1. The third kappa shape index (κ3) is 3.64. The summed E-state index contributed by atoms with van der Waals surface area (Å²) in [4.78, 5) is 2.34. The third-order valence-electron chi connectivity index (χ3n) is 7.53. The number of fused-ring (bicyclic) bond motifs is 3. The summed E-state index contributed by atoms with van der Waals surface area (Å²) < 4.78 is 8.96. The van der Waals surface area contributed by atoms with Gasteiger partial charge in [0.1, 0.15) is 24.6 Å². The monoisotopic (exact) mass is 439 g/mol. The topological polar surface area (TPSA) is 19.4 Å². The largest absolute Gasteiger partial charge is 0.456 e. The van der Waals surface area contributed by atoms with E-state index in [4.69, 9.17) is 4.42 Å². The van der Waals surface area contributed by atoms with Crippen molar-refractivity contribution in [2.45, 2.75) is 52.4 Å². The van der Waals surface area contributed by atoms with Crippen LogP contribution >= 0.6 is 0 Å². The number of nitrogens with zero attached hydrogens (tertiary/aromatic N) is 2. The number of aryl methyl sites for hydroxylation is 1. The Morgan fingerprint density at radius 2 is 1.79 bits per heavy atom. The normalized spacial score (nSPS) is 19.2. The van der Waals surface area contributed by atoms with E-state index in [0.717, 1.165) is 37.5 Å². The van der Waals surface area contributed by atoms with E-state index in [1.54, 1.807) is 0 Å². The van der Waals surface area contributed by atoms with E-state index in [2.05, 4.69) is 105 Å². The van der Waals surface area contributed by atoms with Gasteiger partial charge in [-0.25, -0.2) is 4.58 Å². The fraction of sp³-hybridized carbons (Fsp3) is 0.367. The quantitative estimate of drug-likeness (QED) is 0.451. The Kier molecular flexibility index (Phi) is 5.52. The van der Waals surface area contributed by atoms with Gasteiger partial charge in [-0.15, -0.1) is 0 Å². The molecule has 3 heteroatoms. The van der Waals surface area contributed by atoms with Crippen LogP contribution in [0.4, 0.5) is 5.69 Å². The van der Waals surface area contributed by atoms with Crippen molar-refractivity contribution in [3.63, 3.8) is 0 Å². The highest BCUT2D eigenvalue weighted by Crippen LogP contribution is 2.47. The van der Waals surface area contributed by atoms with E-state index < -0.39 is 0 Å². The number of likely N-dealkylation sites (N-methyl/N-ethyl adjacent to an activating group) is 1. The Labute approximate surface area is 197 Å². The molecule has 2 aliphatic heterocycles. The molecule has 1 aromatic rings. The van der Waals surface area contributed by atoms with Crippen LogP contribution in [0.5, 0.6) is 0 Å². The van der Waals surface area contributed by atoms with Crippen molar-refractivity contribution in [3.05, 3.63) is 88.6 Å². The van der Waals surface area contributed by atoms with Crippen molar-refractivity contribution < 1.29 is 4.42 Å². The Morgan fingerprint density at radius 3 is 2.55 bits per heavy atom. The van der Waals surface area contributed by atoms with Gasteiger partial charge in [-0.1, -0.05) is 38.1 Å². The number of hydrogen-bond donors (Lipinski definition) is 0. The summed E-state index contributed by atoms with van der Waals surface area (Å²) in [5.74, 6) is 2.04. The Bertz CT molecular complexity index is 1300. The molecule has 0 N–H and O–H groups in total. The number of allylic oxidation sites excluding steroid dienone is 4. The van der Waals surface area contributed by atoms with E-state index in [9.17, 15) is 0 Å². The van der Waals surface area contributed by atoms with Crippen molar-refractivity contribution in [2.75, 3.05) is 25.0 Å². The molecule has 0 unspecified atom stereocenters. The second-order valence-electron chi connectivity index (χ2n) is 9.79. The van der Waals surface area contributed by atoms with E-state index in [1.807, 2.05) is 0 Å². The molecule has 0 radical (unpaired) electrons. The molecule has 0 saturated heterocycles. The van der Waals surface area contributed by atoms with Gasteiger partial charge in [0.25, 0.3) is 0 Å². The molecule has 3 nitrogen and oxygen atoms in total. The van der Waals surface area contributed by atoms with Gasteiger partial charge in [0, 0.05) is 35.5 Å². The molecule has 0 spiro atoms. The fourth-order valence-electron chi connectivity index (χ4n) is 5.63. The van der Waals surface area contributed by atoms with Crippen molar-refractivity contribution in [3.8, 4) is 11.3 Å². The number of rotatable bonds is 3. The number of hydrogen-bond acceptors (Lipinski definition) is 2. The zero-order valence-corrected chi connectivity index (χ0v) is 20.6. The van der Waals surface area contributed by atoms with Gasteiger partial charge in [-0.3, -0.25) is 0 Å². The first-order valence-corrected chi connectivity index (χ1v) is 12.3. The van der Waals surface area contributed by atoms with Crippen LogP contribution in [0.15, 0.2) is 70.8 Å². The molecule has 2 heterocycles. The van der Waals surface area contributed by atoms with Gasteiger partial charge in [-0.05, 0) is 74.1 Å². The average Bonchev–Trinajstić information content (AvgIpc) is 3.02. The summed E-state index contributed by atoms with van der Waals surface area (Å²) in [6.45, 7) is 11.0. The molecule has 170 valence electrons. The van der Waals surface area contributed by atoms with Crippen LogP contribution in [0.1, 0.15) is 57.4 Å². The molecule has 0 fully saturated rings. The standard InChI is InChI=1S/C30H35N2O/c1-6-32(7-2)24-17-15-22-19-23-12-10-11-21(29(23)33-27(22)20-24)16-18-28-30(3,4)25-13-8-9-14-26(25)31(28)5/h8-9,13-20H,6-7,10-12H2,1-5H3/q+1. The zero-order chi connectivity index (χ0) is 23.2. The second-order valence-corrected chi connectivity index (χ2v) is 9.79. The lowest BCUT2D eigenvalue weighted by Crippen LogP contribution is -2.29. The first-order chi connectivity index (χ1) is 15.9. The van der Waals surface area contributed by atoms with E-state index in [0.29, 0.717) is 0 Å². The first kappa shape index (κ1) is 21.8. The highest BCUT2D eigenvalue weighted by molar-refractivity contribution is 5.74. The van der Waals surface area contributed by atoms with Gasteiger partial charge in [0.15, 0.2) is 0 Å². The minimum Gasteiger partial charge on any atom is -0.456 e. The first-order valence-electron chi connectivity index (χ1n) is 12.3. The minimum absolute atomic E-state index is 0.0148. The smallest absolute Gasteiger partial charge is 0.203 e. The fourth-order valence-corrected chi connectivity index (χ4v) is 5.63. The molecule has 0 saturated carbocycles.